The first-order chi connectivity index (χ1) is 14.6. The fourth-order valence-corrected chi connectivity index (χ4v) is 4.65. The first-order valence-electron chi connectivity index (χ1n) is 11.0. The molecule has 1 aromatic carbocycles. The van der Waals surface area contributed by atoms with Crippen LogP contribution in [0.3, 0.4) is 0 Å². The van der Waals surface area contributed by atoms with Gasteiger partial charge in [0.1, 0.15) is 10.8 Å². The summed E-state index contributed by atoms with van der Waals surface area (Å²) in [6, 6.07) is 8.60. The van der Waals surface area contributed by atoms with Crippen molar-refractivity contribution in [1.29, 1.82) is 0 Å². The van der Waals surface area contributed by atoms with Gasteiger partial charge < -0.3 is 15.4 Å². The number of ether oxygens (including phenoxy) is 1. The van der Waals surface area contributed by atoms with Gasteiger partial charge in [0, 0.05) is 24.0 Å². The Hall–Kier alpha value is -1.39. The molecule has 0 bridgehead atoms. The smallest absolute Gasteiger partial charge is 0.191 e. The Morgan fingerprint density at radius 1 is 1.23 bits per heavy atom. The number of methoxy groups -OCH3 is 1. The van der Waals surface area contributed by atoms with Crippen LogP contribution < -0.4 is 15.4 Å². The maximum atomic E-state index is 5.66. The molecule has 2 aromatic rings. The summed E-state index contributed by atoms with van der Waals surface area (Å²) in [5, 5.41) is 10.1. The van der Waals surface area contributed by atoms with Crippen LogP contribution in [0.2, 0.25) is 0 Å². The lowest BCUT2D eigenvalue weighted by molar-refractivity contribution is 0.239. The van der Waals surface area contributed by atoms with E-state index in [0.29, 0.717) is 12.5 Å². The van der Waals surface area contributed by atoms with E-state index in [2.05, 4.69) is 53.8 Å². The van der Waals surface area contributed by atoms with Crippen molar-refractivity contribution in [2.24, 2.45) is 4.99 Å². The average Bonchev–Trinajstić information content (AvgIpc) is 3.45. The van der Waals surface area contributed by atoms with E-state index in [0.717, 1.165) is 48.6 Å². The van der Waals surface area contributed by atoms with Gasteiger partial charge in [-0.3, -0.25) is 4.90 Å². The van der Waals surface area contributed by atoms with Gasteiger partial charge in [0.25, 0.3) is 0 Å². The van der Waals surface area contributed by atoms with Crippen LogP contribution >= 0.6 is 35.3 Å². The highest BCUT2D eigenvalue weighted by Gasteiger charge is 2.26. The molecule has 6 nitrogen and oxygen atoms in total. The van der Waals surface area contributed by atoms with Crippen LogP contribution in [-0.4, -0.2) is 49.1 Å². The first-order valence-corrected chi connectivity index (χ1v) is 11.8. The van der Waals surface area contributed by atoms with Gasteiger partial charge in [-0.05, 0) is 44.8 Å². The van der Waals surface area contributed by atoms with Gasteiger partial charge in [0.15, 0.2) is 5.96 Å². The Bertz CT molecular complexity index is 820. The van der Waals surface area contributed by atoms with Gasteiger partial charge >= 0.3 is 0 Å². The zero-order chi connectivity index (χ0) is 21.3. The minimum Gasteiger partial charge on any atom is -0.496 e. The van der Waals surface area contributed by atoms with Crippen LogP contribution in [0.15, 0.2) is 34.6 Å². The summed E-state index contributed by atoms with van der Waals surface area (Å²) in [4.78, 5) is 12.0. The topological polar surface area (TPSA) is 61.8 Å². The molecule has 0 spiro atoms. The molecular formula is C23H36IN5OS. The largest absolute Gasteiger partial charge is 0.496 e. The molecule has 1 aliphatic heterocycles. The van der Waals surface area contributed by atoms with E-state index in [9.17, 15) is 0 Å². The summed E-state index contributed by atoms with van der Waals surface area (Å²) in [7, 11) is 1.75. The number of hydrogen-bond acceptors (Lipinski definition) is 5. The molecule has 1 unspecified atom stereocenters. The lowest BCUT2D eigenvalue weighted by atomic mass is 10.0. The summed E-state index contributed by atoms with van der Waals surface area (Å²) in [6.45, 7) is 10.9. The number of benzene rings is 1. The van der Waals surface area contributed by atoms with Crippen LogP contribution in [0.5, 0.6) is 5.75 Å². The number of aliphatic imine (C=N–C) groups is 1. The van der Waals surface area contributed by atoms with Crippen molar-refractivity contribution in [1.82, 2.24) is 20.5 Å². The highest BCUT2D eigenvalue weighted by Crippen LogP contribution is 2.31. The van der Waals surface area contributed by atoms with Crippen molar-refractivity contribution in [2.45, 2.75) is 52.1 Å². The minimum atomic E-state index is 0. The van der Waals surface area contributed by atoms with Gasteiger partial charge in [-0.25, -0.2) is 9.98 Å². The zero-order valence-corrected chi connectivity index (χ0v) is 22.2. The quantitative estimate of drug-likeness (QED) is 0.264. The standard InChI is InChI=1S/C23H35N5OS.HI/c1-5-24-23(26-15-22-27-19(16-30-22)17(2)3)25-14-20(28-12-8-9-13-28)18-10-6-7-11-21(18)29-4;/h6-7,10-11,16-17,20H,5,8-9,12-15H2,1-4H3,(H2,24,25,26);1H. The summed E-state index contributed by atoms with van der Waals surface area (Å²) in [5.41, 5.74) is 2.38. The third-order valence-electron chi connectivity index (χ3n) is 5.42. The van der Waals surface area contributed by atoms with Crippen LogP contribution in [0.1, 0.15) is 61.8 Å². The molecule has 1 aliphatic rings. The van der Waals surface area contributed by atoms with Crippen molar-refractivity contribution in [3.8, 4) is 5.75 Å². The Morgan fingerprint density at radius 3 is 2.61 bits per heavy atom. The summed E-state index contributed by atoms with van der Waals surface area (Å²) in [6.07, 6.45) is 2.50. The Labute approximate surface area is 207 Å². The molecule has 8 heteroatoms. The molecule has 172 valence electrons. The van der Waals surface area contributed by atoms with E-state index in [1.807, 2.05) is 12.1 Å². The predicted molar refractivity (Wildman–Crippen MR) is 141 cm³/mol. The lowest BCUT2D eigenvalue weighted by Gasteiger charge is -2.30. The van der Waals surface area contributed by atoms with E-state index in [4.69, 9.17) is 14.7 Å². The third kappa shape index (κ3) is 7.32. The number of rotatable bonds is 9. The van der Waals surface area contributed by atoms with Crippen molar-refractivity contribution >= 4 is 41.3 Å². The van der Waals surface area contributed by atoms with Gasteiger partial charge in [0.05, 0.1) is 25.4 Å². The van der Waals surface area contributed by atoms with Gasteiger partial charge in [-0.15, -0.1) is 35.3 Å². The number of guanidine groups is 1. The van der Waals surface area contributed by atoms with Crippen LogP contribution in [0.4, 0.5) is 0 Å². The highest BCUT2D eigenvalue weighted by atomic mass is 127. The van der Waals surface area contributed by atoms with Crippen molar-refractivity contribution in [3.63, 3.8) is 0 Å². The van der Waals surface area contributed by atoms with E-state index < -0.39 is 0 Å². The van der Waals surface area contributed by atoms with Crippen LogP contribution in [0.25, 0.3) is 0 Å². The number of thiazole rings is 1. The number of nitrogens with one attached hydrogen (secondary N) is 2. The number of para-hydroxylation sites is 1. The normalized spacial score (nSPS) is 15.6. The monoisotopic (exact) mass is 557 g/mol. The van der Waals surface area contributed by atoms with Gasteiger partial charge in [-0.2, -0.15) is 0 Å². The molecule has 2 N–H and O–H groups in total. The van der Waals surface area contributed by atoms with E-state index in [1.54, 1.807) is 18.4 Å². The zero-order valence-electron chi connectivity index (χ0n) is 19.1. The van der Waals surface area contributed by atoms with Crippen molar-refractivity contribution in [3.05, 3.63) is 45.9 Å². The van der Waals surface area contributed by atoms with Crippen molar-refractivity contribution in [2.75, 3.05) is 33.3 Å². The maximum Gasteiger partial charge on any atom is 0.191 e. The second kappa shape index (κ2) is 13.2. The van der Waals surface area contributed by atoms with Crippen LogP contribution in [-0.2, 0) is 6.54 Å². The Balaban J connectivity index is 0.00000341. The number of hydrogen-bond donors (Lipinski definition) is 2. The van der Waals surface area contributed by atoms with Gasteiger partial charge in [-0.1, -0.05) is 32.0 Å². The molecule has 1 saturated heterocycles. The fourth-order valence-electron chi connectivity index (χ4n) is 3.78. The molecule has 0 amide bonds. The highest BCUT2D eigenvalue weighted by molar-refractivity contribution is 14.0. The Kier molecular flexibility index (Phi) is 11.0. The average molecular weight is 558 g/mol. The molecule has 3 rings (SSSR count). The molecule has 0 aliphatic carbocycles. The molecule has 2 heterocycles. The van der Waals surface area contributed by atoms with Crippen LogP contribution in [0, 0.1) is 0 Å². The Morgan fingerprint density at radius 2 is 1.97 bits per heavy atom. The lowest BCUT2D eigenvalue weighted by Crippen LogP contribution is -2.42. The maximum absolute atomic E-state index is 5.66. The number of halogens is 1. The summed E-state index contributed by atoms with van der Waals surface area (Å²) in [5.74, 6) is 2.23. The molecule has 1 atom stereocenters. The van der Waals surface area contributed by atoms with Gasteiger partial charge in [0.2, 0.25) is 0 Å². The number of nitrogens with zero attached hydrogens (tertiary/aromatic N) is 3. The van der Waals surface area contributed by atoms with Crippen molar-refractivity contribution < 1.29 is 4.74 Å². The predicted octanol–water partition coefficient (Wildman–Crippen LogP) is 4.79. The number of aromatic nitrogens is 1. The number of likely N-dealkylation sites (tertiary alicyclic amines) is 1. The fraction of sp³-hybridized carbons (Fsp3) is 0.565. The molecule has 1 aromatic heterocycles. The molecule has 0 radical (unpaired) electrons. The summed E-state index contributed by atoms with van der Waals surface area (Å²) < 4.78 is 5.66. The molecule has 1 fully saturated rings. The van der Waals surface area contributed by atoms with E-state index >= 15 is 0 Å². The molecular weight excluding hydrogens is 521 g/mol. The SMILES string of the molecule is CCNC(=NCc1nc(C(C)C)cs1)NCC(c1ccccc1OC)N1CCCC1.I. The second-order valence-corrected chi connectivity index (χ2v) is 8.84. The molecule has 0 saturated carbocycles. The first kappa shape index (κ1) is 25.9. The van der Waals surface area contributed by atoms with E-state index in [-0.39, 0.29) is 30.0 Å². The van der Waals surface area contributed by atoms with E-state index in [1.165, 1.54) is 18.4 Å². The minimum absolute atomic E-state index is 0. The second-order valence-electron chi connectivity index (χ2n) is 7.90. The molecule has 31 heavy (non-hydrogen) atoms. The third-order valence-corrected chi connectivity index (χ3v) is 6.27. The summed E-state index contributed by atoms with van der Waals surface area (Å²) >= 11 is 1.69.